The molecule has 0 aliphatic carbocycles. The quantitative estimate of drug-likeness (QED) is 0.586. The Morgan fingerprint density at radius 3 is 2.43 bits per heavy atom. The van der Waals surface area contributed by atoms with Crippen LogP contribution < -0.4 is 0 Å². The molecule has 0 aromatic heterocycles. The molecule has 3 rings (SSSR count). The minimum Gasteiger partial charge on any atom is -0.411 e. The van der Waals surface area contributed by atoms with Crippen molar-refractivity contribution in [1.82, 2.24) is 9.80 Å². The molecule has 2 bridgehead atoms. The molecule has 0 radical (unpaired) electrons. The van der Waals surface area contributed by atoms with Gasteiger partial charge >= 0.3 is 6.09 Å². The zero-order valence-electron chi connectivity index (χ0n) is 14.0. The van der Waals surface area contributed by atoms with Crippen LogP contribution in [0.25, 0.3) is 0 Å². The second-order valence-corrected chi connectivity index (χ2v) is 5.15. The molecular formula is C17H30N2O2. The molecule has 0 N–H and O–H groups in total. The summed E-state index contributed by atoms with van der Waals surface area (Å²) in [7, 11) is 0. The summed E-state index contributed by atoms with van der Waals surface area (Å²) in [6.45, 7) is 12.0. The predicted molar refractivity (Wildman–Crippen MR) is 87.2 cm³/mol. The summed E-state index contributed by atoms with van der Waals surface area (Å²) in [4.78, 5) is 16.7. The van der Waals surface area contributed by atoms with Gasteiger partial charge < -0.3 is 14.5 Å². The Kier molecular flexibility index (Phi) is 8.13. The Balaban J connectivity index is 0.00000106. The highest BCUT2D eigenvalue weighted by Gasteiger charge is 2.32. The first-order valence-corrected chi connectivity index (χ1v) is 8.28. The van der Waals surface area contributed by atoms with Gasteiger partial charge in [0.1, 0.15) is 5.76 Å². The minimum atomic E-state index is -0.188. The molecule has 3 saturated heterocycles. The van der Waals surface area contributed by atoms with Crippen LogP contribution in [-0.4, -0.2) is 48.1 Å². The third-order valence-electron chi connectivity index (χ3n) is 3.83. The summed E-state index contributed by atoms with van der Waals surface area (Å²) in [5.41, 5.74) is 0. The normalized spacial score (nSPS) is 25.3. The monoisotopic (exact) mass is 294 g/mol. The maximum atomic E-state index is 12.3. The molecule has 3 fully saturated rings. The third kappa shape index (κ3) is 5.20. The summed E-state index contributed by atoms with van der Waals surface area (Å²) >= 11 is 0. The molecule has 0 aromatic carbocycles. The Hall–Kier alpha value is -1.29. The number of nitrogens with zero attached hydrogens (tertiary/aromatic N) is 2. The van der Waals surface area contributed by atoms with Crippen LogP contribution in [0.1, 0.15) is 47.0 Å². The van der Waals surface area contributed by atoms with Crippen molar-refractivity contribution in [2.75, 3.05) is 26.2 Å². The minimum absolute atomic E-state index is 0.188. The van der Waals surface area contributed by atoms with Crippen LogP contribution in [-0.2, 0) is 4.74 Å². The molecular weight excluding hydrogens is 264 g/mol. The van der Waals surface area contributed by atoms with E-state index in [4.69, 9.17) is 4.74 Å². The molecule has 0 unspecified atom stereocenters. The van der Waals surface area contributed by atoms with E-state index >= 15 is 0 Å². The van der Waals surface area contributed by atoms with E-state index in [0.29, 0.717) is 11.8 Å². The Morgan fingerprint density at radius 2 is 1.86 bits per heavy atom. The summed E-state index contributed by atoms with van der Waals surface area (Å²) in [6.07, 6.45) is 8.51. The van der Waals surface area contributed by atoms with E-state index in [0.717, 1.165) is 45.4 Å². The van der Waals surface area contributed by atoms with Gasteiger partial charge in [-0.3, -0.25) is 0 Å². The fourth-order valence-corrected chi connectivity index (χ4v) is 2.80. The van der Waals surface area contributed by atoms with E-state index in [9.17, 15) is 4.79 Å². The van der Waals surface area contributed by atoms with E-state index < -0.39 is 0 Å². The Labute approximate surface area is 129 Å². The molecule has 4 heteroatoms. The molecule has 1 amide bonds. The fourth-order valence-electron chi connectivity index (χ4n) is 2.80. The van der Waals surface area contributed by atoms with E-state index in [1.54, 1.807) is 0 Å². The molecule has 0 saturated carbocycles. The van der Waals surface area contributed by atoms with Crippen LogP contribution in [0.4, 0.5) is 4.79 Å². The fraction of sp³-hybridized carbons (Fsp3) is 0.706. The zero-order chi connectivity index (χ0) is 15.7. The van der Waals surface area contributed by atoms with Crippen LogP contribution in [0.15, 0.2) is 24.0 Å². The molecule has 0 spiro atoms. The lowest BCUT2D eigenvalue weighted by Crippen LogP contribution is -2.41. The van der Waals surface area contributed by atoms with Gasteiger partial charge in [-0.25, -0.2) is 4.79 Å². The number of amides is 1. The van der Waals surface area contributed by atoms with E-state index in [1.807, 2.05) is 50.8 Å². The first kappa shape index (κ1) is 17.8. The van der Waals surface area contributed by atoms with E-state index in [-0.39, 0.29) is 6.09 Å². The molecule has 0 atom stereocenters. The van der Waals surface area contributed by atoms with Crippen molar-refractivity contribution >= 4 is 6.09 Å². The molecule has 3 aliphatic rings. The molecule has 4 nitrogen and oxygen atoms in total. The van der Waals surface area contributed by atoms with Gasteiger partial charge in [0.15, 0.2) is 0 Å². The van der Waals surface area contributed by atoms with Crippen LogP contribution >= 0.6 is 0 Å². The molecule has 3 heterocycles. The first-order chi connectivity index (χ1) is 10.2. The molecule has 0 aromatic rings. The largest absolute Gasteiger partial charge is 0.415 e. The smallest absolute Gasteiger partial charge is 0.411 e. The topological polar surface area (TPSA) is 32.8 Å². The molecule has 120 valence electrons. The number of carbonyl (C=O) groups is 1. The van der Waals surface area contributed by atoms with Gasteiger partial charge in [0.2, 0.25) is 0 Å². The van der Waals surface area contributed by atoms with Crippen molar-refractivity contribution in [2.24, 2.45) is 0 Å². The van der Waals surface area contributed by atoms with Gasteiger partial charge in [-0.2, -0.15) is 0 Å². The van der Waals surface area contributed by atoms with E-state index in [1.165, 1.54) is 0 Å². The summed E-state index contributed by atoms with van der Waals surface area (Å²) in [5, 5.41) is 0. The van der Waals surface area contributed by atoms with Gasteiger partial charge in [0, 0.05) is 32.2 Å². The van der Waals surface area contributed by atoms with Gasteiger partial charge in [-0.05, 0) is 38.3 Å². The van der Waals surface area contributed by atoms with Crippen LogP contribution in [0.2, 0.25) is 0 Å². The number of carbonyl (C=O) groups excluding carboxylic acids is 1. The van der Waals surface area contributed by atoms with Crippen molar-refractivity contribution in [3.8, 4) is 0 Å². The maximum Gasteiger partial charge on any atom is 0.415 e. The van der Waals surface area contributed by atoms with Gasteiger partial charge in [0.05, 0.1) is 0 Å². The average molecular weight is 294 g/mol. The number of allylic oxidation sites excluding steroid dienone is 3. The Morgan fingerprint density at radius 1 is 1.19 bits per heavy atom. The molecule has 3 aliphatic heterocycles. The van der Waals surface area contributed by atoms with Crippen LogP contribution in [0.3, 0.4) is 0 Å². The SMILES string of the molecule is C/C=C\C(=C/CC)OC(=O)N1CCN2CCC1CC2.CC. The van der Waals surface area contributed by atoms with Crippen molar-refractivity contribution in [3.63, 3.8) is 0 Å². The highest BCUT2D eigenvalue weighted by molar-refractivity contribution is 5.69. The number of ether oxygens (including phenoxy) is 1. The average Bonchev–Trinajstić information content (AvgIpc) is 2.83. The number of hydrogen-bond donors (Lipinski definition) is 0. The number of fused-ring (bicyclic) bond motifs is 4. The van der Waals surface area contributed by atoms with Crippen LogP contribution in [0, 0.1) is 0 Å². The van der Waals surface area contributed by atoms with Crippen LogP contribution in [0.5, 0.6) is 0 Å². The molecule has 21 heavy (non-hydrogen) atoms. The lowest BCUT2D eigenvalue weighted by molar-refractivity contribution is 0.112. The predicted octanol–water partition coefficient (Wildman–Crippen LogP) is 3.80. The van der Waals surface area contributed by atoms with Crippen molar-refractivity contribution in [3.05, 3.63) is 24.0 Å². The number of rotatable bonds is 3. The zero-order valence-corrected chi connectivity index (χ0v) is 14.0. The number of hydrogen-bond acceptors (Lipinski definition) is 3. The van der Waals surface area contributed by atoms with Gasteiger partial charge in [-0.1, -0.05) is 26.8 Å². The third-order valence-corrected chi connectivity index (χ3v) is 3.83. The first-order valence-electron chi connectivity index (χ1n) is 8.28. The van der Waals surface area contributed by atoms with Crippen molar-refractivity contribution in [1.29, 1.82) is 0 Å². The Bertz CT molecular complexity index is 369. The standard InChI is InChI=1S/C15H24N2O2.C2H6/c1-3-5-14(6-4-2)19-15(18)17-12-11-16-9-7-13(17)8-10-16;1-2/h3,5-6,13H,4,7-12H2,1-2H3;1-2H3/b5-3-,14-6+;. The highest BCUT2D eigenvalue weighted by atomic mass is 16.6. The lowest BCUT2D eigenvalue weighted by atomic mass is 10.1. The summed E-state index contributed by atoms with van der Waals surface area (Å²) in [6, 6.07) is 0.361. The summed E-state index contributed by atoms with van der Waals surface area (Å²) in [5.74, 6) is 0.661. The van der Waals surface area contributed by atoms with Gasteiger partial charge in [-0.15, -0.1) is 0 Å². The maximum absolute atomic E-state index is 12.3. The van der Waals surface area contributed by atoms with Gasteiger partial charge in [0.25, 0.3) is 0 Å². The highest BCUT2D eigenvalue weighted by Crippen LogP contribution is 2.22. The lowest BCUT2D eigenvalue weighted by Gasteiger charge is -2.30. The van der Waals surface area contributed by atoms with E-state index in [2.05, 4.69) is 4.90 Å². The second-order valence-electron chi connectivity index (χ2n) is 5.15. The van der Waals surface area contributed by atoms with Crippen molar-refractivity contribution < 1.29 is 9.53 Å². The number of piperidine rings is 1. The summed E-state index contributed by atoms with van der Waals surface area (Å²) < 4.78 is 5.52. The second kappa shape index (κ2) is 9.61. The van der Waals surface area contributed by atoms with Crippen molar-refractivity contribution in [2.45, 2.75) is 53.0 Å².